The molecule has 0 fully saturated rings. The predicted octanol–water partition coefficient (Wildman–Crippen LogP) is 2.73. The molecule has 0 aliphatic carbocycles. The topological polar surface area (TPSA) is 103 Å². The zero-order chi connectivity index (χ0) is 19.7. The van der Waals surface area contributed by atoms with Crippen LogP contribution in [0.25, 0.3) is 16.7 Å². The summed E-state index contributed by atoms with van der Waals surface area (Å²) in [6, 6.07) is 12.4. The number of nitrogens with zero attached hydrogens (tertiary/aromatic N) is 4. The Morgan fingerprint density at radius 2 is 1.96 bits per heavy atom. The summed E-state index contributed by atoms with van der Waals surface area (Å²) in [5.41, 5.74) is 1.20. The van der Waals surface area contributed by atoms with Crippen LogP contribution in [-0.4, -0.2) is 30.7 Å². The highest BCUT2D eigenvalue weighted by atomic mass is 16.5. The summed E-state index contributed by atoms with van der Waals surface area (Å²) < 4.78 is 7.08. The highest BCUT2D eigenvalue weighted by Gasteiger charge is 2.21. The van der Waals surface area contributed by atoms with Gasteiger partial charge in [0.1, 0.15) is 5.56 Å². The Morgan fingerprint density at radius 3 is 2.75 bits per heavy atom. The van der Waals surface area contributed by atoms with Crippen LogP contribution in [0.15, 0.2) is 59.7 Å². The number of hydrogen-bond acceptors (Lipinski definition) is 6. The number of hydrogen-bond donors (Lipinski definition) is 1. The second-order valence-electron chi connectivity index (χ2n) is 6.26. The maximum atomic E-state index is 12.6. The van der Waals surface area contributed by atoms with Gasteiger partial charge in [-0.15, -0.1) is 0 Å². The summed E-state index contributed by atoms with van der Waals surface area (Å²) in [7, 11) is 0. The van der Waals surface area contributed by atoms with Gasteiger partial charge in [0.15, 0.2) is 17.7 Å². The second-order valence-corrected chi connectivity index (χ2v) is 6.26. The third-order valence-corrected chi connectivity index (χ3v) is 4.40. The number of nitrogens with one attached hydrogen (secondary N) is 1. The highest BCUT2D eigenvalue weighted by Crippen LogP contribution is 2.19. The van der Waals surface area contributed by atoms with Gasteiger partial charge < -0.3 is 9.72 Å². The van der Waals surface area contributed by atoms with Crippen molar-refractivity contribution < 1.29 is 9.53 Å². The standard InChI is InChI=1S/C20H17N5O3/c1-12-15(11-22-25(12)17-9-5-6-10-21-17)20(27)28-13(2)18-23-16-8-4-3-7-14(16)19(26)24-18/h3-11,13H,1-2H3,(H,23,24,26)/t13-/m1/s1. The number of ether oxygens (including phenoxy) is 1. The molecule has 0 spiro atoms. The van der Waals surface area contributed by atoms with E-state index in [1.807, 2.05) is 6.07 Å². The summed E-state index contributed by atoms with van der Waals surface area (Å²) in [5.74, 6) is 0.336. The van der Waals surface area contributed by atoms with E-state index < -0.39 is 12.1 Å². The first-order chi connectivity index (χ1) is 13.5. The molecule has 28 heavy (non-hydrogen) atoms. The van der Waals surface area contributed by atoms with Crippen molar-refractivity contribution in [3.8, 4) is 5.82 Å². The number of H-pyrrole nitrogens is 1. The molecule has 0 aliphatic heterocycles. The van der Waals surface area contributed by atoms with E-state index in [-0.39, 0.29) is 11.4 Å². The van der Waals surface area contributed by atoms with E-state index in [0.717, 1.165) is 0 Å². The van der Waals surface area contributed by atoms with Crippen molar-refractivity contribution in [1.82, 2.24) is 24.7 Å². The molecular weight excluding hydrogens is 358 g/mol. The number of fused-ring (bicyclic) bond motifs is 1. The SMILES string of the molecule is Cc1c(C(=O)O[C@H](C)c2nc3ccccc3c(=O)[nH]2)cnn1-c1ccccn1. The average Bonchev–Trinajstić information content (AvgIpc) is 3.10. The molecule has 0 saturated carbocycles. The largest absolute Gasteiger partial charge is 0.451 e. The fraction of sp³-hybridized carbons (Fsp3) is 0.150. The third-order valence-electron chi connectivity index (χ3n) is 4.40. The Hall–Kier alpha value is -3.81. The molecule has 1 N–H and O–H groups in total. The molecule has 4 rings (SSSR count). The average molecular weight is 375 g/mol. The maximum absolute atomic E-state index is 12.6. The number of rotatable bonds is 4. The molecule has 4 aromatic rings. The molecule has 0 saturated heterocycles. The number of esters is 1. The normalized spacial score (nSPS) is 12.1. The number of aromatic amines is 1. The molecule has 1 atom stereocenters. The fourth-order valence-electron chi connectivity index (χ4n) is 2.90. The minimum absolute atomic E-state index is 0.275. The first kappa shape index (κ1) is 17.6. The van der Waals surface area contributed by atoms with Crippen LogP contribution in [0.1, 0.15) is 34.9 Å². The number of carbonyl (C=O) groups excluding carboxylic acids is 1. The van der Waals surface area contributed by atoms with Crippen LogP contribution >= 0.6 is 0 Å². The van der Waals surface area contributed by atoms with Crippen LogP contribution in [0.5, 0.6) is 0 Å². The molecule has 1 aromatic carbocycles. The van der Waals surface area contributed by atoms with Crippen LogP contribution < -0.4 is 5.56 Å². The molecule has 0 amide bonds. The fourth-order valence-corrected chi connectivity index (χ4v) is 2.90. The van der Waals surface area contributed by atoms with E-state index in [2.05, 4.69) is 20.1 Å². The summed E-state index contributed by atoms with van der Waals surface area (Å²) in [6.45, 7) is 3.42. The van der Waals surface area contributed by atoms with Crippen LogP contribution in [0.2, 0.25) is 0 Å². The van der Waals surface area contributed by atoms with Gasteiger partial charge in [-0.1, -0.05) is 18.2 Å². The minimum Gasteiger partial charge on any atom is -0.451 e. The number of benzene rings is 1. The van der Waals surface area contributed by atoms with Crippen LogP contribution in [0, 0.1) is 6.92 Å². The Morgan fingerprint density at radius 1 is 1.18 bits per heavy atom. The smallest absolute Gasteiger partial charge is 0.342 e. The lowest BCUT2D eigenvalue weighted by Crippen LogP contribution is -2.17. The number of aromatic nitrogens is 5. The summed E-state index contributed by atoms with van der Waals surface area (Å²) >= 11 is 0. The Labute approximate surface area is 159 Å². The maximum Gasteiger partial charge on any atom is 0.342 e. The number of pyridine rings is 1. The van der Waals surface area contributed by atoms with Gasteiger partial charge >= 0.3 is 5.97 Å². The van der Waals surface area contributed by atoms with Crippen molar-refractivity contribution in [2.24, 2.45) is 0 Å². The molecule has 0 bridgehead atoms. The summed E-state index contributed by atoms with van der Waals surface area (Å²) in [5, 5.41) is 4.71. The van der Waals surface area contributed by atoms with Crippen molar-refractivity contribution in [3.63, 3.8) is 0 Å². The van der Waals surface area contributed by atoms with E-state index in [1.54, 1.807) is 61.1 Å². The number of carbonyl (C=O) groups is 1. The van der Waals surface area contributed by atoms with E-state index in [1.165, 1.54) is 6.20 Å². The van der Waals surface area contributed by atoms with Crippen molar-refractivity contribution in [2.45, 2.75) is 20.0 Å². The second kappa shape index (κ2) is 7.07. The quantitative estimate of drug-likeness (QED) is 0.550. The van der Waals surface area contributed by atoms with Gasteiger partial charge in [-0.05, 0) is 38.1 Å². The van der Waals surface area contributed by atoms with Crippen LogP contribution in [-0.2, 0) is 4.74 Å². The lowest BCUT2D eigenvalue weighted by molar-refractivity contribution is 0.0319. The minimum atomic E-state index is -0.734. The third kappa shape index (κ3) is 3.16. The van der Waals surface area contributed by atoms with Gasteiger partial charge in [0, 0.05) is 6.20 Å². The van der Waals surface area contributed by atoms with Gasteiger partial charge in [0.25, 0.3) is 5.56 Å². The molecule has 8 nitrogen and oxygen atoms in total. The molecule has 3 aromatic heterocycles. The van der Waals surface area contributed by atoms with Crippen molar-refractivity contribution in [1.29, 1.82) is 0 Å². The monoisotopic (exact) mass is 375 g/mol. The van der Waals surface area contributed by atoms with Gasteiger partial charge in [0.05, 0.1) is 22.8 Å². The number of para-hydroxylation sites is 1. The van der Waals surface area contributed by atoms with Gasteiger partial charge in [-0.2, -0.15) is 5.10 Å². The van der Waals surface area contributed by atoms with Gasteiger partial charge in [0.2, 0.25) is 0 Å². The van der Waals surface area contributed by atoms with Crippen LogP contribution in [0.3, 0.4) is 0 Å². The first-order valence-corrected chi connectivity index (χ1v) is 8.70. The zero-order valence-corrected chi connectivity index (χ0v) is 15.3. The molecule has 8 heteroatoms. The van der Waals surface area contributed by atoms with E-state index in [4.69, 9.17) is 4.74 Å². The van der Waals surface area contributed by atoms with E-state index in [9.17, 15) is 9.59 Å². The zero-order valence-electron chi connectivity index (χ0n) is 15.3. The molecule has 3 heterocycles. The molecule has 0 radical (unpaired) electrons. The molecule has 0 unspecified atom stereocenters. The van der Waals surface area contributed by atoms with E-state index >= 15 is 0 Å². The highest BCUT2D eigenvalue weighted by molar-refractivity contribution is 5.90. The molecule has 140 valence electrons. The lowest BCUT2D eigenvalue weighted by Gasteiger charge is -2.13. The summed E-state index contributed by atoms with van der Waals surface area (Å²) in [6.07, 6.45) is 2.36. The van der Waals surface area contributed by atoms with Crippen LogP contribution in [0.4, 0.5) is 0 Å². The first-order valence-electron chi connectivity index (χ1n) is 8.70. The van der Waals surface area contributed by atoms with Gasteiger partial charge in [-0.25, -0.2) is 19.4 Å². The Bertz CT molecular complexity index is 1210. The lowest BCUT2D eigenvalue weighted by atomic mass is 10.2. The summed E-state index contributed by atoms with van der Waals surface area (Å²) in [4.78, 5) is 36.1. The Balaban J connectivity index is 1.59. The van der Waals surface area contributed by atoms with E-state index in [0.29, 0.717) is 28.0 Å². The predicted molar refractivity (Wildman–Crippen MR) is 102 cm³/mol. The van der Waals surface area contributed by atoms with Gasteiger partial charge in [-0.3, -0.25) is 4.79 Å². The van der Waals surface area contributed by atoms with Crippen molar-refractivity contribution in [3.05, 3.63) is 82.3 Å². The Kier molecular flexibility index (Phi) is 4.44. The molecule has 0 aliphatic rings. The van der Waals surface area contributed by atoms with Crippen molar-refractivity contribution >= 4 is 16.9 Å². The van der Waals surface area contributed by atoms with Crippen molar-refractivity contribution in [2.75, 3.05) is 0 Å². The molecular formula is C20H17N5O3.